The molecule has 2 aliphatic rings. The van der Waals surface area contributed by atoms with E-state index in [1.807, 2.05) is 0 Å². The van der Waals surface area contributed by atoms with Crippen LogP contribution in [-0.2, 0) is 14.3 Å². The van der Waals surface area contributed by atoms with E-state index in [-0.39, 0.29) is 0 Å². The molecule has 10 nitrogen and oxygen atoms in total. The number of ether oxygens (including phenoxy) is 2. The summed E-state index contributed by atoms with van der Waals surface area (Å²) >= 11 is 1.05. The van der Waals surface area contributed by atoms with E-state index in [9.17, 15) is 35.4 Å². The van der Waals surface area contributed by atoms with Crippen molar-refractivity contribution in [2.24, 2.45) is 0 Å². The molecule has 0 unspecified atom stereocenters. The summed E-state index contributed by atoms with van der Waals surface area (Å²) in [5.74, 6) is -0.507. The maximum absolute atomic E-state index is 11.2. The van der Waals surface area contributed by atoms with E-state index in [1.165, 1.54) is 6.92 Å². The van der Waals surface area contributed by atoms with Crippen molar-refractivity contribution >= 4 is 17.7 Å². The van der Waals surface area contributed by atoms with Gasteiger partial charge in [0, 0.05) is 12.2 Å². The summed E-state index contributed by atoms with van der Waals surface area (Å²) < 4.78 is 10.8. The van der Waals surface area contributed by atoms with Gasteiger partial charge in [0.2, 0.25) is 5.91 Å². The molecule has 1 amide bonds. The standard InChI is InChI=1S/C14H25NO9S/c1-4-8(18)10(20)11(21)14(25-4)24-12-6(3-16)23-13(22)7(9(12)19)15-5(2)17/h4,6-14,16,18-22H,3H2,1-2H3,(H,15,17)/t4-,6+,7+,8+,9+,10+,11-,12+,13-,14+/m0/s1. The molecule has 0 aromatic carbocycles. The number of amides is 1. The second kappa shape index (κ2) is 8.46. The molecule has 0 spiro atoms. The predicted octanol–water partition coefficient (Wildman–Crippen LogP) is -3.51. The van der Waals surface area contributed by atoms with Crippen molar-refractivity contribution in [2.45, 2.75) is 73.5 Å². The highest BCUT2D eigenvalue weighted by Crippen LogP contribution is 2.36. The zero-order chi connectivity index (χ0) is 18.9. The first-order valence-electron chi connectivity index (χ1n) is 7.92. The van der Waals surface area contributed by atoms with E-state index in [4.69, 9.17) is 9.47 Å². The Balaban J connectivity index is 2.15. The van der Waals surface area contributed by atoms with E-state index >= 15 is 0 Å². The van der Waals surface area contributed by atoms with Gasteiger partial charge in [0.1, 0.15) is 42.0 Å². The van der Waals surface area contributed by atoms with E-state index < -0.39 is 72.2 Å². The predicted molar refractivity (Wildman–Crippen MR) is 85.3 cm³/mol. The van der Waals surface area contributed by atoms with E-state index in [2.05, 4.69) is 5.32 Å². The molecule has 2 fully saturated rings. The molecule has 2 rings (SSSR count). The first kappa shape index (κ1) is 20.8. The fourth-order valence-corrected chi connectivity index (χ4v) is 4.18. The lowest BCUT2D eigenvalue weighted by Crippen LogP contribution is -2.66. The molecule has 10 atom stereocenters. The highest BCUT2D eigenvalue weighted by atomic mass is 32.2. The molecule has 0 bridgehead atoms. The number of aliphatic hydroxyl groups is 6. The maximum atomic E-state index is 11.2. The normalized spacial score (nSPS) is 48.2. The minimum atomic E-state index is -1.55. The Morgan fingerprint density at radius 1 is 1.12 bits per heavy atom. The first-order chi connectivity index (χ1) is 11.7. The zero-order valence-electron chi connectivity index (χ0n) is 13.8. The van der Waals surface area contributed by atoms with Gasteiger partial charge in [0.15, 0.2) is 6.29 Å². The van der Waals surface area contributed by atoms with Gasteiger partial charge in [-0.1, -0.05) is 6.92 Å². The van der Waals surface area contributed by atoms with Crippen LogP contribution in [0.5, 0.6) is 0 Å². The number of rotatable bonds is 4. The van der Waals surface area contributed by atoms with Crippen LogP contribution in [0.2, 0.25) is 0 Å². The van der Waals surface area contributed by atoms with Crippen LogP contribution in [-0.4, -0.2) is 103 Å². The van der Waals surface area contributed by atoms with Gasteiger partial charge >= 0.3 is 0 Å². The Bertz CT molecular complexity index is 470. The molecular formula is C14H25NO9S. The van der Waals surface area contributed by atoms with Gasteiger partial charge in [-0.2, -0.15) is 0 Å². The minimum absolute atomic E-state index is 0.450. The molecule has 2 saturated heterocycles. The summed E-state index contributed by atoms with van der Waals surface area (Å²) in [7, 11) is 0. The second-order valence-corrected chi connectivity index (χ2v) is 7.73. The molecule has 2 aliphatic heterocycles. The first-order valence-corrected chi connectivity index (χ1v) is 8.86. The van der Waals surface area contributed by atoms with Crippen LogP contribution >= 0.6 is 11.8 Å². The number of hydrogen-bond donors (Lipinski definition) is 7. The highest BCUT2D eigenvalue weighted by Gasteiger charge is 2.49. The monoisotopic (exact) mass is 383 g/mol. The molecule has 146 valence electrons. The minimum Gasteiger partial charge on any atom is -0.394 e. The topological polar surface area (TPSA) is 169 Å². The van der Waals surface area contributed by atoms with Crippen molar-refractivity contribution in [3.05, 3.63) is 0 Å². The third-order valence-electron chi connectivity index (χ3n) is 4.34. The highest BCUT2D eigenvalue weighted by molar-refractivity contribution is 8.00. The average Bonchev–Trinajstić information content (AvgIpc) is 2.56. The lowest BCUT2D eigenvalue weighted by Gasteiger charge is -2.46. The number of carbonyl (C=O) groups is 1. The second-order valence-electron chi connectivity index (χ2n) is 6.25. The molecule has 0 aromatic rings. The van der Waals surface area contributed by atoms with Crippen LogP contribution in [0.15, 0.2) is 0 Å². The lowest BCUT2D eigenvalue weighted by molar-refractivity contribution is -0.271. The number of carbonyl (C=O) groups excluding carboxylic acids is 1. The molecule has 0 aliphatic carbocycles. The molecular weight excluding hydrogens is 358 g/mol. The molecule has 7 N–H and O–H groups in total. The smallest absolute Gasteiger partial charge is 0.217 e. The molecule has 2 heterocycles. The average molecular weight is 383 g/mol. The fourth-order valence-electron chi connectivity index (χ4n) is 2.92. The summed E-state index contributed by atoms with van der Waals surface area (Å²) in [6, 6.07) is -1.19. The Hall–Kier alpha value is -0.500. The largest absolute Gasteiger partial charge is 0.394 e. The van der Waals surface area contributed by atoms with Gasteiger partial charge in [0.05, 0.1) is 12.7 Å². The van der Waals surface area contributed by atoms with Gasteiger partial charge in [0.25, 0.3) is 0 Å². The Kier molecular flexibility index (Phi) is 7.04. The molecule has 11 heteroatoms. The summed E-state index contributed by atoms with van der Waals surface area (Å²) in [4.78, 5) is 11.2. The van der Waals surface area contributed by atoms with Gasteiger partial charge in [-0.05, 0) is 0 Å². The number of thioether (sulfide) groups is 1. The van der Waals surface area contributed by atoms with Crippen LogP contribution in [0.1, 0.15) is 13.8 Å². The van der Waals surface area contributed by atoms with Crippen LogP contribution in [0.25, 0.3) is 0 Å². The van der Waals surface area contributed by atoms with Crippen LogP contribution in [0.4, 0.5) is 0 Å². The summed E-state index contributed by atoms with van der Waals surface area (Å²) in [5.41, 5.74) is -1.01. The SMILES string of the molecule is CC(=O)N[C@@H]1[C@@H](O)[C@H](O[C@@H]2S[C@@H](C)[C@@H](O)[C@@H](O)[C@@H]2O)[C@@H](CO)O[C@@H]1O. The van der Waals surface area contributed by atoms with Crippen LogP contribution in [0, 0.1) is 0 Å². The van der Waals surface area contributed by atoms with E-state index in [1.54, 1.807) is 6.92 Å². The van der Waals surface area contributed by atoms with E-state index in [0.29, 0.717) is 0 Å². The Labute approximate surface area is 148 Å². The van der Waals surface area contributed by atoms with Crippen molar-refractivity contribution < 1.29 is 44.9 Å². The van der Waals surface area contributed by atoms with Crippen molar-refractivity contribution in [3.63, 3.8) is 0 Å². The van der Waals surface area contributed by atoms with Crippen molar-refractivity contribution in [1.82, 2.24) is 5.32 Å². The summed E-state index contributed by atoms with van der Waals surface area (Å²) in [6.45, 7) is 2.26. The number of aliphatic hydroxyl groups excluding tert-OH is 6. The van der Waals surface area contributed by atoms with Crippen molar-refractivity contribution in [3.8, 4) is 0 Å². The van der Waals surface area contributed by atoms with Crippen molar-refractivity contribution in [1.29, 1.82) is 0 Å². The molecule has 0 saturated carbocycles. The number of hydrogen-bond acceptors (Lipinski definition) is 10. The number of nitrogens with one attached hydrogen (secondary N) is 1. The summed E-state index contributed by atoms with van der Waals surface area (Å²) in [6.07, 6.45) is -9.30. The quantitative estimate of drug-likeness (QED) is 0.258. The molecule has 0 radical (unpaired) electrons. The van der Waals surface area contributed by atoms with Gasteiger partial charge in [-0.3, -0.25) is 4.79 Å². The third kappa shape index (κ3) is 4.43. The fraction of sp³-hybridized carbons (Fsp3) is 0.929. The Morgan fingerprint density at radius 3 is 2.32 bits per heavy atom. The lowest BCUT2D eigenvalue weighted by atomic mass is 9.96. The van der Waals surface area contributed by atoms with Gasteiger partial charge in [-0.15, -0.1) is 11.8 Å². The third-order valence-corrected chi connectivity index (χ3v) is 5.71. The molecule has 25 heavy (non-hydrogen) atoms. The van der Waals surface area contributed by atoms with Gasteiger partial charge in [-0.25, -0.2) is 0 Å². The molecule has 0 aromatic heterocycles. The Morgan fingerprint density at radius 2 is 1.76 bits per heavy atom. The van der Waals surface area contributed by atoms with Crippen LogP contribution in [0.3, 0.4) is 0 Å². The zero-order valence-corrected chi connectivity index (χ0v) is 14.6. The summed E-state index contributed by atoms with van der Waals surface area (Å²) in [5, 5.41) is 61.5. The van der Waals surface area contributed by atoms with Gasteiger partial charge < -0.3 is 45.4 Å². The van der Waals surface area contributed by atoms with E-state index in [0.717, 1.165) is 11.8 Å². The van der Waals surface area contributed by atoms with Crippen molar-refractivity contribution in [2.75, 3.05) is 6.61 Å². The van der Waals surface area contributed by atoms with Crippen LogP contribution < -0.4 is 5.32 Å². The maximum Gasteiger partial charge on any atom is 0.217 e.